The molecule has 2 aliphatic carbocycles. The predicted molar refractivity (Wildman–Crippen MR) is 235 cm³/mol. The molecule has 4 heterocycles. The molecular weight excluding hydrogens is 842 g/mol. The minimum absolute atomic E-state index is 0.0143. The van der Waals surface area contributed by atoms with Gasteiger partial charge >= 0.3 is 0 Å². The van der Waals surface area contributed by atoms with Crippen molar-refractivity contribution in [2.24, 2.45) is 5.92 Å². The normalized spacial score (nSPS) is 24.5. The van der Waals surface area contributed by atoms with Crippen LogP contribution >= 0.6 is 0 Å². The first-order valence-electron chi connectivity index (χ1n) is 21.8. The number of allylic oxidation sites excluding steroid dienone is 1. The molecule has 5 aromatic rings. The highest BCUT2D eigenvalue weighted by Crippen LogP contribution is 2.46. The van der Waals surface area contributed by atoms with Gasteiger partial charge in [0.2, 0.25) is 27.4 Å². The molecule has 15 nitrogen and oxygen atoms in total. The minimum Gasteiger partial charge on any atom is -0.491 e. The van der Waals surface area contributed by atoms with Crippen LogP contribution in [-0.4, -0.2) is 82.6 Å². The number of rotatable bonds is 10. The Labute approximate surface area is 369 Å². The third-order valence-electron chi connectivity index (χ3n) is 12.2. The van der Waals surface area contributed by atoms with Crippen LogP contribution in [0.15, 0.2) is 83.3 Å². The highest BCUT2D eigenvalue weighted by atomic mass is 32.2. The number of benzene rings is 3. The number of hydrogen-bond acceptors (Lipinski definition) is 12. The third-order valence-corrected chi connectivity index (χ3v) is 14.0. The number of fused-ring (bicyclic) bond motifs is 5. The summed E-state index contributed by atoms with van der Waals surface area (Å²) in [4.78, 5) is 54.6. The van der Waals surface area contributed by atoms with Crippen molar-refractivity contribution in [2.45, 2.75) is 107 Å². The zero-order valence-electron chi connectivity index (χ0n) is 35.4. The second-order valence-electron chi connectivity index (χ2n) is 17.3. The highest BCUT2D eigenvalue weighted by Gasteiger charge is 2.62. The lowest BCUT2D eigenvalue weighted by Gasteiger charge is -2.30. The Morgan fingerprint density at radius 3 is 2.55 bits per heavy atom. The number of furan rings is 1. The van der Waals surface area contributed by atoms with Crippen molar-refractivity contribution in [3.8, 4) is 29.1 Å². The minimum atomic E-state index is -3.94. The number of amides is 3. The van der Waals surface area contributed by atoms with Gasteiger partial charge in [-0.1, -0.05) is 25.0 Å². The van der Waals surface area contributed by atoms with Gasteiger partial charge in [-0.15, -0.1) is 0 Å². The third kappa shape index (κ3) is 8.83. The largest absolute Gasteiger partial charge is 0.491 e. The van der Waals surface area contributed by atoms with Crippen molar-refractivity contribution < 1.29 is 41.1 Å². The summed E-state index contributed by atoms with van der Waals surface area (Å²) in [6.07, 6.45) is 7.42. The molecule has 2 saturated carbocycles. The van der Waals surface area contributed by atoms with Crippen LogP contribution in [0.5, 0.6) is 11.6 Å². The molecule has 3 fully saturated rings. The van der Waals surface area contributed by atoms with Crippen LogP contribution in [-0.2, 0) is 24.4 Å². The Morgan fingerprint density at radius 1 is 1.03 bits per heavy atom. The summed E-state index contributed by atoms with van der Waals surface area (Å²) in [5.74, 6) is -1.88. The molecule has 2 aliphatic heterocycles. The van der Waals surface area contributed by atoms with Crippen molar-refractivity contribution in [3.05, 3.63) is 90.3 Å². The van der Waals surface area contributed by atoms with Gasteiger partial charge in [0.05, 0.1) is 29.5 Å². The molecular formula is C47H48FN7O8S. The molecule has 332 valence electrons. The van der Waals surface area contributed by atoms with Crippen LogP contribution in [0.2, 0.25) is 0 Å². The smallest absolute Gasteiger partial charge is 0.262 e. The van der Waals surface area contributed by atoms with E-state index in [4.69, 9.17) is 23.9 Å². The predicted octanol–water partition coefficient (Wildman–Crippen LogP) is 6.67. The Balaban J connectivity index is 1.07. The lowest BCUT2D eigenvalue weighted by molar-refractivity contribution is -0.140. The van der Waals surface area contributed by atoms with Crippen molar-refractivity contribution in [3.63, 3.8) is 0 Å². The number of sulfonamides is 1. The van der Waals surface area contributed by atoms with Crippen LogP contribution in [0.25, 0.3) is 33.5 Å². The number of ether oxygens (including phenoxy) is 2. The summed E-state index contributed by atoms with van der Waals surface area (Å²) in [5.41, 5.74) is 0.922. The van der Waals surface area contributed by atoms with Crippen LogP contribution < -0.4 is 24.8 Å². The zero-order valence-corrected chi connectivity index (χ0v) is 36.2. The van der Waals surface area contributed by atoms with Gasteiger partial charge in [0.1, 0.15) is 46.4 Å². The summed E-state index contributed by atoms with van der Waals surface area (Å²) < 4.78 is 61.6. The van der Waals surface area contributed by atoms with E-state index >= 15 is 0 Å². The van der Waals surface area contributed by atoms with Crippen molar-refractivity contribution in [2.75, 3.05) is 11.9 Å². The first-order valence-corrected chi connectivity index (χ1v) is 23.3. The summed E-state index contributed by atoms with van der Waals surface area (Å²) in [6.45, 7) is 3.78. The molecule has 2 aromatic heterocycles. The number of carbonyl (C=O) groups is 3. The van der Waals surface area contributed by atoms with Crippen molar-refractivity contribution >= 4 is 55.5 Å². The van der Waals surface area contributed by atoms with E-state index in [1.807, 2.05) is 26.0 Å². The molecule has 17 heteroatoms. The number of anilines is 1. The van der Waals surface area contributed by atoms with Gasteiger partial charge in [0.15, 0.2) is 5.82 Å². The quantitative estimate of drug-likeness (QED) is 0.126. The topological polar surface area (TPSA) is 206 Å². The molecule has 5 atom stereocenters. The van der Waals surface area contributed by atoms with Gasteiger partial charge in [-0.25, -0.2) is 17.8 Å². The SMILES string of the molecule is CC(C)Oc1ccc(-c2nc(O[C@@H]3C[C@H]4C(=O)N[C@]5(C(=O)NS(=O)(=O)C6CC6)C[C@H]5/C=C\CCCCC[C@H](Nc5ccc(C#N)cc5)C(=O)N4C3)c3oc4ccc(F)cc4c3n2)cc1. The molecule has 64 heavy (non-hydrogen) atoms. The summed E-state index contributed by atoms with van der Waals surface area (Å²) in [7, 11) is -3.94. The number of hydrogen-bond donors (Lipinski definition) is 3. The van der Waals surface area contributed by atoms with E-state index < -0.39 is 62.5 Å². The monoisotopic (exact) mass is 889 g/mol. The average Bonchev–Trinajstić information content (AvgIpc) is 4.18. The summed E-state index contributed by atoms with van der Waals surface area (Å²) >= 11 is 0. The van der Waals surface area contributed by atoms with Gasteiger partial charge in [-0.05, 0) is 119 Å². The fraction of sp³-hybridized carbons (Fsp3) is 0.404. The first kappa shape index (κ1) is 42.7. The van der Waals surface area contributed by atoms with Crippen LogP contribution in [0, 0.1) is 23.1 Å². The molecule has 4 aliphatic rings. The van der Waals surface area contributed by atoms with Crippen LogP contribution in [0.4, 0.5) is 10.1 Å². The van der Waals surface area contributed by atoms with Gasteiger partial charge in [-0.2, -0.15) is 10.2 Å². The summed E-state index contributed by atoms with van der Waals surface area (Å²) in [6, 6.07) is 18.2. The molecule has 3 aromatic carbocycles. The Kier molecular flexibility index (Phi) is 11.5. The fourth-order valence-corrected chi connectivity index (χ4v) is 9.97. The van der Waals surface area contributed by atoms with E-state index in [-0.39, 0.29) is 48.7 Å². The molecule has 0 bridgehead atoms. The van der Waals surface area contributed by atoms with Gasteiger partial charge in [0, 0.05) is 29.0 Å². The number of nitriles is 1. The second kappa shape index (κ2) is 17.2. The molecule has 0 radical (unpaired) electrons. The van der Waals surface area contributed by atoms with Crippen molar-refractivity contribution in [1.82, 2.24) is 24.9 Å². The molecule has 1 saturated heterocycles. The number of aromatic nitrogens is 2. The molecule has 9 rings (SSSR count). The summed E-state index contributed by atoms with van der Waals surface area (Å²) in [5, 5.41) is 15.4. The zero-order chi connectivity index (χ0) is 44.8. The van der Waals surface area contributed by atoms with E-state index in [1.54, 1.807) is 48.5 Å². The highest BCUT2D eigenvalue weighted by molar-refractivity contribution is 7.91. The van der Waals surface area contributed by atoms with Crippen LogP contribution in [0.3, 0.4) is 0 Å². The maximum atomic E-state index is 14.9. The number of halogens is 1. The maximum Gasteiger partial charge on any atom is 0.262 e. The van der Waals surface area contributed by atoms with Gasteiger partial charge in [-0.3, -0.25) is 19.1 Å². The Bertz CT molecular complexity index is 2800. The van der Waals surface area contributed by atoms with E-state index in [9.17, 15) is 32.5 Å². The first-order chi connectivity index (χ1) is 30.8. The van der Waals surface area contributed by atoms with E-state index in [2.05, 4.69) is 21.4 Å². The lowest BCUT2D eigenvalue weighted by atomic mass is 10.0. The molecule has 3 N–H and O–H groups in total. The van der Waals surface area contributed by atoms with E-state index in [1.165, 1.54) is 23.1 Å². The van der Waals surface area contributed by atoms with E-state index in [0.29, 0.717) is 71.2 Å². The molecule has 0 spiro atoms. The number of carbonyl (C=O) groups excluding carboxylic acids is 3. The molecule has 3 amide bonds. The second-order valence-corrected chi connectivity index (χ2v) is 19.3. The average molecular weight is 890 g/mol. The number of nitrogens with zero attached hydrogens (tertiary/aromatic N) is 4. The van der Waals surface area contributed by atoms with Gasteiger partial charge < -0.3 is 29.4 Å². The Morgan fingerprint density at radius 2 is 1.81 bits per heavy atom. The lowest BCUT2D eigenvalue weighted by Crippen LogP contribution is -2.57. The van der Waals surface area contributed by atoms with E-state index in [0.717, 1.165) is 12.8 Å². The number of nitrogens with one attached hydrogen (secondary N) is 3. The Hall–Kier alpha value is -6.54. The maximum absolute atomic E-state index is 14.9. The standard InChI is InChI=1S/C47H48FN7O8S/c1-27(2)61-33-17-12-29(13-18-33)42-51-40-36-22-31(48)14-21-39(36)63-41(40)44(52-42)62-34-23-38-43(56)53-47(46(58)54-64(59,60)35-19-20-35)24-30(47)8-6-4-3-5-7-9-37(45(57)55(38)26-34)50-32-15-10-28(25-49)11-16-32/h6,8,10-18,21-22,27,30,34-35,37-38,50H,3-5,7,9,19-20,23-24,26H2,1-2H3,(H,53,56)(H,54,58)/b8-6-/t30-,34-,37+,38+,47-/m1/s1. The fourth-order valence-electron chi connectivity index (χ4n) is 8.60. The van der Waals surface area contributed by atoms with Crippen molar-refractivity contribution in [1.29, 1.82) is 5.26 Å². The van der Waals surface area contributed by atoms with Gasteiger partial charge in [0.25, 0.3) is 11.8 Å². The van der Waals surface area contributed by atoms with Crippen LogP contribution in [0.1, 0.15) is 77.2 Å². The molecule has 0 unspecified atom stereocenters.